The molecule has 0 aliphatic carbocycles. The molecular weight excluding hydrogens is 208 g/mol. The predicted octanol–water partition coefficient (Wildman–Crippen LogP) is 3.12. The molecule has 1 rings (SSSR count). The number of hydrogen-bond donors (Lipinski definition) is 0. The molecule has 3 heteroatoms. The number of carbonyl (C=O) groups is 1. The summed E-state index contributed by atoms with van der Waals surface area (Å²) < 4.78 is 5.01. The van der Waals surface area contributed by atoms with E-state index < -0.39 is 0 Å². The number of benzene rings is 1. The molecule has 0 aromatic heterocycles. The predicted molar refractivity (Wildman–Crippen MR) is 63.0 cm³/mol. The second kappa shape index (κ2) is 6.51. The van der Waals surface area contributed by atoms with Crippen LogP contribution in [0.3, 0.4) is 0 Å². The van der Waals surface area contributed by atoms with Gasteiger partial charge in [-0.25, -0.2) is 0 Å². The molecule has 1 atom stereocenters. The van der Waals surface area contributed by atoms with E-state index >= 15 is 0 Å². The van der Waals surface area contributed by atoms with Crippen molar-refractivity contribution in [2.45, 2.75) is 30.4 Å². The lowest BCUT2D eigenvalue weighted by molar-refractivity contribution is -0.142. The van der Waals surface area contributed by atoms with Gasteiger partial charge in [0.2, 0.25) is 0 Å². The molecule has 0 heterocycles. The zero-order chi connectivity index (χ0) is 11.1. The van der Waals surface area contributed by atoms with Crippen LogP contribution < -0.4 is 0 Å². The first-order chi connectivity index (χ1) is 7.27. The van der Waals surface area contributed by atoms with Crippen LogP contribution in [0.1, 0.15) is 20.3 Å². The van der Waals surface area contributed by atoms with Crippen LogP contribution >= 0.6 is 11.8 Å². The first-order valence-electron chi connectivity index (χ1n) is 5.16. The molecule has 0 saturated carbocycles. The van der Waals surface area contributed by atoms with Gasteiger partial charge in [0.05, 0.1) is 6.61 Å². The minimum atomic E-state index is -0.117. The quantitative estimate of drug-likeness (QED) is 0.568. The van der Waals surface area contributed by atoms with Gasteiger partial charge >= 0.3 is 5.97 Å². The van der Waals surface area contributed by atoms with Crippen molar-refractivity contribution < 1.29 is 9.53 Å². The number of carbonyl (C=O) groups excluding carboxylic acids is 1. The second-order valence-corrected chi connectivity index (χ2v) is 4.36. The standard InChI is InChI=1S/C12H16O2S/c1-3-11(12(13)14-4-2)15-10-8-6-5-7-9-10/h5-9,11H,3-4H2,1-2H3. The molecule has 82 valence electrons. The lowest BCUT2D eigenvalue weighted by atomic mass is 10.3. The summed E-state index contributed by atoms with van der Waals surface area (Å²) >= 11 is 1.56. The van der Waals surface area contributed by atoms with E-state index in [2.05, 4.69) is 0 Å². The molecule has 15 heavy (non-hydrogen) atoms. The van der Waals surface area contributed by atoms with E-state index in [0.717, 1.165) is 11.3 Å². The second-order valence-electron chi connectivity index (χ2n) is 3.08. The molecule has 0 amide bonds. The summed E-state index contributed by atoms with van der Waals surface area (Å²) in [6.45, 7) is 4.28. The van der Waals surface area contributed by atoms with E-state index in [1.807, 2.05) is 44.2 Å². The monoisotopic (exact) mass is 224 g/mol. The highest BCUT2D eigenvalue weighted by Gasteiger charge is 2.18. The molecule has 0 N–H and O–H groups in total. The molecule has 2 nitrogen and oxygen atoms in total. The smallest absolute Gasteiger partial charge is 0.319 e. The van der Waals surface area contributed by atoms with Crippen molar-refractivity contribution in [1.82, 2.24) is 0 Å². The van der Waals surface area contributed by atoms with E-state index in [9.17, 15) is 4.79 Å². The van der Waals surface area contributed by atoms with Crippen LogP contribution in [-0.2, 0) is 9.53 Å². The third-order valence-electron chi connectivity index (χ3n) is 1.94. The summed E-state index contributed by atoms with van der Waals surface area (Å²) in [7, 11) is 0. The van der Waals surface area contributed by atoms with E-state index in [1.54, 1.807) is 11.8 Å². The van der Waals surface area contributed by atoms with Gasteiger partial charge in [-0.05, 0) is 25.5 Å². The zero-order valence-electron chi connectivity index (χ0n) is 9.10. The first-order valence-corrected chi connectivity index (χ1v) is 6.04. The van der Waals surface area contributed by atoms with E-state index in [-0.39, 0.29) is 11.2 Å². The van der Waals surface area contributed by atoms with Gasteiger partial charge in [-0.2, -0.15) is 0 Å². The summed E-state index contributed by atoms with van der Waals surface area (Å²) in [4.78, 5) is 12.6. The summed E-state index contributed by atoms with van der Waals surface area (Å²) in [5.74, 6) is -0.117. The fourth-order valence-electron chi connectivity index (χ4n) is 1.20. The van der Waals surface area contributed by atoms with Gasteiger partial charge in [0.15, 0.2) is 0 Å². The van der Waals surface area contributed by atoms with Gasteiger partial charge in [0.1, 0.15) is 5.25 Å². The summed E-state index contributed by atoms with van der Waals surface area (Å²) in [6, 6.07) is 9.93. The minimum absolute atomic E-state index is 0.0904. The molecule has 0 aliphatic heterocycles. The van der Waals surface area contributed by atoms with Gasteiger partial charge in [-0.1, -0.05) is 25.1 Å². The number of rotatable bonds is 5. The third-order valence-corrected chi connectivity index (χ3v) is 3.30. The highest BCUT2D eigenvalue weighted by Crippen LogP contribution is 2.25. The number of hydrogen-bond acceptors (Lipinski definition) is 3. The fraction of sp³-hybridized carbons (Fsp3) is 0.417. The van der Waals surface area contributed by atoms with Gasteiger partial charge in [0.25, 0.3) is 0 Å². The summed E-state index contributed by atoms with van der Waals surface area (Å²) in [6.07, 6.45) is 0.790. The van der Waals surface area contributed by atoms with Crippen LogP contribution in [-0.4, -0.2) is 17.8 Å². The van der Waals surface area contributed by atoms with Crippen LogP contribution in [0, 0.1) is 0 Å². The summed E-state index contributed by atoms with van der Waals surface area (Å²) in [5.41, 5.74) is 0. The van der Waals surface area contributed by atoms with Crippen molar-refractivity contribution in [2.24, 2.45) is 0 Å². The highest BCUT2D eigenvalue weighted by molar-refractivity contribution is 8.00. The van der Waals surface area contributed by atoms with Gasteiger partial charge in [0, 0.05) is 4.90 Å². The number of thioether (sulfide) groups is 1. The van der Waals surface area contributed by atoms with Crippen LogP contribution in [0.4, 0.5) is 0 Å². The Morgan fingerprint density at radius 3 is 2.53 bits per heavy atom. The normalized spacial score (nSPS) is 12.1. The molecule has 0 bridgehead atoms. The molecule has 0 radical (unpaired) electrons. The molecule has 1 aromatic rings. The fourth-order valence-corrected chi connectivity index (χ4v) is 2.17. The Balaban J connectivity index is 2.58. The van der Waals surface area contributed by atoms with Gasteiger partial charge in [-0.3, -0.25) is 4.79 Å². The van der Waals surface area contributed by atoms with Crippen molar-refractivity contribution in [3.63, 3.8) is 0 Å². The SMILES string of the molecule is CCOC(=O)C(CC)Sc1ccccc1. The lowest BCUT2D eigenvalue weighted by Crippen LogP contribution is -2.19. The topological polar surface area (TPSA) is 26.3 Å². The van der Waals surface area contributed by atoms with Crippen LogP contribution in [0.15, 0.2) is 35.2 Å². The van der Waals surface area contributed by atoms with E-state index in [1.165, 1.54) is 0 Å². The Kier molecular flexibility index (Phi) is 5.26. The van der Waals surface area contributed by atoms with Crippen molar-refractivity contribution in [2.75, 3.05) is 6.61 Å². The third kappa shape index (κ3) is 3.96. The summed E-state index contributed by atoms with van der Waals surface area (Å²) in [5, 5.41) is -0.0904. The minimum Gasteiger partial charge on any atom is -0.465 e. The van der Waals surface area contributed by atoms with Crippen LogP contribution in [0.25, 0.3) is 0 Å². The average molecular weight is 224 g/mol. The van der Waals surface area contributed by atoms with Crippen molar-refractivity contribution in [1.29, 1.82) is 0 Å². The zero-order valence-corrected chi connectivity index (χ0v) is 9.92. The lowest BCUT2D eigenvalue weighted by Gasteiger charge is -2.12. The molecule has 1 unspecified atom stereocenters. The maximum atomic E-state index is 11.5. The van der Waals surface area contributed by atoms with Crippen molar-refractivity contribution in [3.05, 3.63) is 30.3 Å². The van der Waals surface area contributed by atoms with Crippen LogP contribution in [0.2, 0.25) is 0 Å². The number of ether oxygens (including phenoxy) is 1. The van der Waals surface area contributed by atoms with E-state index in [0.29, 0.717) is 6.61 Å². The number of esters is 1. The van der Waals surface area contributed by atoms with Gasteiger partial charge in [-0.15, -0.1) is 11.8 Å². The van der Waals surface area contributed by atoms with Crippen LogP contribution in [0.5, 0.6) is 0 Å². The molecular formula is C12H16O2S. The molecule has 0 fully saturated rings. The molecule has 0 spiro atoms. The maximum absolute atomic E-state index is 11.5. The Morgan fingerprint density at radius 2 is 2.00 bits per heavy atom. The molecule has 0 aliphatic rings. The molecule has 0 saturated heterocycles. The maximum Gasteiger partial charge on any atom is 0.319 e. The largest absolute Gasteiger partial charge is 0.465 e. The Morgan fingerprint density at radius 1 is 1.33 bits per heavy atom. The highest BCUT2D eigenvalue weighted by atomic mass is 32.2. The van der Waals surface area contributed by atoms with Crippen molar-refractivity contribution in [3.8, 4) is 0 Å². The Labute approximate surface area is 95.0 Å². The van der Waals surface area contributed by atoms with E-state index in [4.69, 9.17) is 4.74 Å². The Bertz CT molecular complexity index is 298. The van der Waals surface area contributed by atoms with Crippen molar-refractivity contribution >= 4 is 17.7 Å². The molecule has 1 aromatic carbocycles. The first kappa shape index (κ1) is 12.1. The van der Waals surface area contributed by atoms with Gasteiger partial charge < -0.3 is 4.74 Å². The average Bonchev–Trinajstić information content (AvgIpc) is 2.27. The Hall–Kier alpha value is -0.960.